The number of hydrogen-bond donors (Lipinski definition) is 2. The van der Waals surface area contributed by atoms with Crippen molar-refractivity contribution < 1.29 is 14.2 Å². The third kappa shape index (κ3) is 2.96. The number of pyridine rings is 1. The van der Waals surface area contributed by atoms with Gasteiger partial charge in [-0.15, -0.1) is 0 Å². The summed E-state index contributed by atoms with van der Waals surface area (Å²) < 4.78 is 15.8. The Labute approximate surface area is 148 Å². The van der Waals surface area contributed by atoms with Gasteiger partial charge in [0.05, 0.1) is 17.6 Å². The molecule has 0 unspecified atom stereocenters. The van der Waals surface area contributed by atoms with Gasteiger partial charge in [-0.05, 0) is 30.3 Å². The van der Waals surface area contributed by atoms with E-state index < -0.39 is 0 Å². The smallest absolute Gasteiger partial charge is 0.253 e. The molecule has 0 atom stereocenters. The maximum absolute atomic E-state index is 12.3. The van der Waals surface area contributed by atoms with Crippen molar-refractivity contribution in [1.82, 2.24) is 4.98 Å². The number of ether oxygens (including phenoxy) is 3. The molecule has 7 heteroatoms. The highest BCUT2D eigenvalue weighted by Gasteiger charge is 2.15. The normalized spacial score (nSPS) is 12.4. The Morgan fingerprint density at radius 1 is 1.20 bits per heavy atom. The summed E-state index contributed by atoms with van der Waals surface area (Å²) in [6, 6.07) is 10.9. The topological polar surface area (TPSA) is 72.6 Å². The first kappa shape index (κ1) is 15.7. The second kappa shape index (κ2) is 6.22. The standard InChI is InChI=1S/C18H15ClN2O4/c1-23-15-3-2-12(6-13(15)19)20-8-11-4-10-5-16-17(25-9-24-16)7-14(10)21-18(11)22/h2-7,20H,8-9H2,1H3,(H,21,22). The summed E-state index contributed by atoms with van der Waals surface area (Å²) in [6.45, 7) is 0.560. The maximum Gasteiger partial charge on any atom is 0.253 e. The highest BCUT2D eigenvalue weighted by atomic mass is 35.5. The Balaban J connectivity index is 1.61. The van der Waals surface area contributed by atoms with Gasteiger partial charge in [-0.2, -0.15) is 0 Å². The van der Waals surface area contributed by atoms with Gasteiger partial charge in [0.25, 0.3) is 5.56 Å². The van der Waals surface area contributed by atoms with E-state index in [1.807, 2.05) is 18.2 Å². The van der Waals surface area contributed by atoms with E-state index in [1.165, 1.54) is 0 Å². The number of rotatable bonds is 4. The van der Waals surface area contributed by atoms with Crippen LogP contribution in [0.2, 0.25) is 5.02 Å². The first-order valence-electron chi connectivity index (χ1n) is 7.67. The van der Waals surface area contributed by atoms with Crippen molar-refractivity contribution in [3.8, 4) is 17.2 Å². The Kier molecular flexibility index (Phi) is 3.89. The van der Waals surface area contributed by atoms with E-state index in [-0.39, 0.29) is 12.4 Å². The van der Waals surface area contributed by atoms with Gasteiger partial charge in [0.2, 0.25) is 6.79 Å². The van der Waals surface area contributed by atoms with E-state index in [1.54, 1.807) is 25.3 Å². The highest BCUT2D eigenvalue weighted by Crippen LogP contribution is 2.35. The van der Waals surface area contributed by atoms with Gasteiger partial charge >= 0.3 is 0 Å². The fourth-order valence-electron chi connectivity index (χ4n) is 2.75. The number of fused-ring (bicyclic) bond motifs is 2. The number of aromatic amines is 1. The van der Waals surface area contributed by atoms with Crippen LogP contribution in [-0.2, 0) is 6.54 Å². The molecule has 2 aromatic carbocycles. The van der Waals surface area contributed by atoms with Crippen LogP contribution in [0, 0.1) is 0 Å². The van der Waals surface area contributed by atoms with Crippen LogP contribution in [0.25, 0.3) is 10.9 Å². The SMILES string of the molecule is COc1ccc(NCc2cc3cc4c(cc3[nH]c2=O)OCO4)cc1Cl. The fourth-order valence-corrected chi connectivity index (χ4v) is 3.00. The van der Waals surface area contributed by atoms with Crippen LogP contribution in [-0.4, -0.2) is 18.9 Å². The molecule has 0 amide bonds. The molecule has 1 aliphatic rings. The van der Waals surface area contributed by atoms with Gasteiger partial charge < -0.3 is 24.5 Å². The Morgan fingerprint density at radius 3 is 2.76 bits per heavy atom. The minimum atomic E-state index is -0.154. The molecule has 1 aliphatic heterocycles. The summed E-state index contributed by atoms with van der Waals surface area (Å²) in [5.41, 5.74) is 1.97. The van der Waals surface area contributed by atoms with Crippen LogP contribution in [0.4, 0.5) is 5.69 Å². The highest BCUT2D eigenvalue weighted by molar-refractivity contribution is 6.32. The third-order valence-electron chi connectivity index (χ3n) is 4.05. The number of aromatic nitrogens is 1. The van der Waals surface area contributed by atoms with Crippen LogP contribution < -0.4 is 25.1 Å². The first-order valence-corrected chi connectivity index (χ1v) is 8.05. The number of H-pyrrole nitrogens is 1. The van der Waals surface area contributed by atoms with Crippen molar-refractivity contribution in [3.63, 3.8) is 0 Å². The first-order chi connectivity index (χ1) is 12.1. The van der Waals surface area contributed by atoms with Crippen LogP contribution in [0.5, 0.6) is 17.2 Å². The molecule has 2 N–H and O–H groups in total. The molecule has 4 rings (SSSR count). The summed E-state index contributed by atoms with van der Waals surface area (Å²) >= 11 is 6.12. The molecule has 2 heterocycles. The van der Waals surface area contributed by atoms with E-state index >= 15 is 0 Å². The molecular formula is C18H15ClN2O4. The van der Waals surface area contributed by atoms with E-state index in [0.717, 1.165) is 11.1 Å². The summed E-state index contributed by atoms with van der Waals surface area (Å²) in [5, 5.41) is 4.58. The van der Waals surface area contributed by atoms with Gasteiger partial charge in [-0.3, -0.25) is 4.79 Å². The average molecular weight is 359 g/mol. The lowest BCUT2D eigenvalue weighted by molar-refractivity contribution is 0.174. The number of nitrogens with one attached hydrogen (secondary N) is 2. The number of anilines is 1. The Hall–Kier alpha value is -2.86. The summed E-state index contributed by atoms with van der Waals surface area (Å²) in [5.74, 6) is 1.93. The largest absolute Gasteiger partial charge is 0.495 e. The average Bonchev–Trinajstić information content (AvgIpc) is 3.05. The van der Waals surface area contributed by atoms with Crippen molar-refractivity contribution in [2.75, 3.05) is 19.2 Å². The summed E-state index contributed by atoms with van der Waals surface area (Å²) in [7, 11) is 1.56. The zero-order valence-corrected chi connectivity index (χ0v) is 14.1. The lowest BCUT2D eigenvalue weighted by atomic mass is 10.1. The second-order valence-electron chi connectivity index (χ2n) is 5.62. The Bertz CT molecular complexity index is 1020. The molecule has 128 valence electrons. The number of hydrogen-bond acceptors (Lipinski definition) is 5. The van der Waals surface area contributed by atoms with Crippen LogP contribution >= 0.6 is 11.6 Å². The molecule has 3 aromatic rings. The zero-order chi connectivity index (χ0) is 17.4. The third-order valence-corrected chi connectivity index (χ3v) is 4.34. The number of halogens is 1. The molecule has 6 nitrogen and oxygen atoms in total. The minimum absolute atomic E-state index is 0.154. The van der Waals surface area contributed by atoms with Crippen molar-refractivity contribution in [2.24, 2.45) is 0 Å². The van der Waals surface area contributed by atoms with Gasteiger partial charge in [0, 0.05) is 29.2 Å². The van der Waals surface area contributed by atoms with Crippen molar-refractivity contribution in [1.29, 1.82) is 0 Å². The van der Waals surface area contributed by atoms with Crippen LogP contribution in [0.3, 0.4) is 0 Å². The van der Waals surface area contributed by atoms with Gasteiger partial charge in [0.15, 0.2) is 11.5 Å². The molecule has 0 saturated heterocycles. The maximum atomic E-state index is 12.3. The number of benzene rings is 2. The molecule has 0 bridgehead atoms. The minimum Gasteiger partial charge on any atom is -0.495 e. The molecule has 0 spiro atoms. The monoisotopic (exact) mass is 358 g/mol. The van der Waals surface area contributed by atoms with E-state index in [9.17, 15) is 4.79 Å². The van der Waals surface area contributed by atoms with Gasteiger partial charge in [0.1, 0.15) is 5.75 Å². The summed E-state index contributed by atoms with van der Waals surface area (Å²) in [6.07, 6.45) is 0. The van der Waals surface area contributed by atoms with E-state index in [4.69, 9.17) is 25.8 Å². The quantitative estimate of drug-likeness (QED) is 0.746. The lowest BCUT2D eigenvalue weighted by Crippen LogP contribution is -2.15. The van der Waals surface area contributed by atoms with Crippen LogP contribution in [0.1, 0.15) is 5.56 Å². The van der Waals surface area contributed by atoms with E-state index in [2.05, 4.69) is 10.3 Å². The molecule has 1 aromatic heterocycles. The van der Waals surface area contributed by atoms with Gasteiger partial charge in [-0.25, -0.2) is 0 Å². The lowest BCUT2D eigenvalue weighted by Gasteiger charge is -2.09. The number of methoxy groups -OCH3 is 1. The second-order valence-corrected chi connectivity index (χ2v) is 6.03. The van der Waals surface area contributed by atoms with Crippen molar-refractivity contribution >= 4 is 28.2 Å². The van der Waals surface area contributed by atoms with Gasteiger partial charge in [-0.1, -0.05) is 11.6 Å². The van der Waals surface area contributed by atoms with Crippen molar-refractivity contribution in [3.05, 3.63) is 57.3 Å². The van der Waals surface area contributed by atoms with E-state index in [0.29, 0.717) is 39.9 Å². The van der Waals surface area contributed by atoms with Crippen LogP contribution in [0.15, 0.2) is 41.2 Å². The molecule has 0 aliphatic carbocycles. The molecule has 0 fully saturated rings. The fraction of sp³-hybridized carbons (Fsp3) is 0.167. The van der Waals surface area contributed by atoms with Crippen molar-refractivity contribution in [2.45, 2.75) is 6.54 Å². The molecule has 25 heavy (non-hydrogen) atoms. The molecule has 0 saturated carbocycles. The zero-order valence-electron chi connectivity index (χ0n) is 13.4. The Morgan fingerprint density at radius 2 is 2.00 bits per heavy atom. The predicted octanol–water partition coefficient (Wildman–Crippen LogP) is 3.53. The molecular weight excluding hydrogens is 344 g/mol. The predicted molar refractivity (Wildman–Crippen MR) is 96.0 cm³/mol. The summed E-state index contributed by atoms with van der Waals surface area (Å²) in [4.78, 5) is 15.2. The molecule has 0 radical (unpaired) electrons.